The van der Waals surface area contributed by atoms with Gasteiger partial charge in [-0.15, -0.1) is 12.4 Å². The van der Waals surface area contributed by atoms with Crippen molar-refractivity contribution in [2.75, 3.05) is 6.54 Å². The monoisotopic (exact) mass is 310 g/mol. The summed E-state index contributed by atoms with van der Waals surface area (Å²) in [6, 6.07) is 6.45. The number of carbonyl (C=O) groups is 1. The van der Waals surface area contributed by atoms with Gasteiger partial charge in [0.1, 0.15) is 0 Å². The molecule has 3 N–H and O–H groups in total. The molecule has 2 rings (SSSR count). The SMILES string of the molecule is CC(C)C(C)(CN)NC(=O)Cc1ccc2c(c1)CCC2.Cl. The average Bonchev–Trinajstić information content (AvgIpc) is 2.85. The lowest BCUT2D eigenvalue weighted by atomic mass is 9.88. The molecule has 1 amide bonds. The fourth-order valence-corrected chi connectivity index (χ4v) is 2.71. The first kappa shape index (κ1) is 18.0. The zero-order chi connectivity index (χ0) is 14.8. The van der Waals surface area contributed by atoms with Gasteiger partial charge in [-0.1, -0.05) is 32.0 Å². The van der Waals surface area contributed by atoms with E-state index in [1.165, 1.54) is 24.0 Å². The first-order chi connectivity index (χ1) is 9.44. The van der Waals surface area contributed by atoms with E-state index in [2.05, 4.69) is 37.4 Å². The Labute approximate surface area is 134 Å². The van der Waals surface area contributed by atoms with Crippen molar-refractivity contribution in [3.63, 3.8) is 0 Å². The van der Waals surface area contributed by atoms with Crippen LogP contribution in [0.4, 0.5) is 0 Å². The summed E-state index contributed by atoms with van der Waals surface area (Å²) < 4.78 is 0. The highest BCUT2D eigenvalue weighted by atomic mass is 35.5. The van der Waals surface area contributed by atoms with Gasteiger partial charge in [-0.25, -0.2) is 0 Å². The van der Waals surface area contributed by atoms with Crippen LogP contribution in [0.5, 0.6) is 0 Å². The number of carbonyl (C=O) groups excluding carboxylic acids is 1. The third-order valence-electron chi connectivity index (χ3n) is 4.65. The largest absolute Gasteiger partial charge is 0.349 e. The zero-order valence-electron chi connectivity index (χ0n) is 13.2. The van der Waals surface area contributed by atoms with Crippen molar-refractivity contribution < 1.29 is 4.79 Å². The van der Waals surface area contributed by atoms with Crippen LogP contribution >= 0.6 is 12.4 Å². The lowest BCUT2D eigenvalue weighted by Gasteiger charge is -2.33. The summed E-state index contributed by atoms with van der Waals surface area (Å²) in [5, 5.41) is 3.09. The summed E-state index contributed by atoms with van der Waals surface area (Å²) in [5.74, 6) is 0.376. The molecule has 4 heteroatoms. The van der Waals surface area contributed by atoms with Crippen molar-refractivity contribution >= 4 is 18.3 Å². The van der Waals surface area contributed by atoms with Crippen molar-refractivity contribution in [2.45, 2.75) is 52.0 Å². The van der Waals surface area contributed by atoms with E-state index in [4.69, 9.17) is 5.73 Å². The molecule has 0 aliphatic heterocycles. The van der Waals surface area contributed by atoms with E-state index in [-0.39, 0.29) is 23.9 Å². The van der Waals surface area contributed by atoms with Crippen LogP contribution in [0.3, 0.4) is 0 Å². The third kappa shape index (κ3) is 4.21. The second kappa shape index (κ2) is 7.28. The highest BCUT2D eigenvalue weighted by Crippen LogP contribution is 2.23. The Morgan fingerprint density at radius 2 is 2.00 bits per heavy atom. The van der Waals surface area contributed by atoms with Gasteiger partial charge < -0.3 is 11.1 Å². The fourth-order valence-electron chi connectivity index (χ4n) is 2.71. The van der Waals surface area contributed by atoms with Crippen LogP contribution in [0.25, 0.3) is 0 Å². The van der Waals surface area contributed by atoms with Gasteiger partial charge in [-0.3, -0.25) is 4.79 Å². The summed E-state index contributed by atoms with van der Waals surface area (Å²) in [5.41, 5.74) is 9.45. The highest BCUT2D eigenvalue weighted by Gasteiger charge is 2.28. The van der Waals surface area contributed by atoms with E-state index < -0.39 is 0 Å². The predicted molar refractivity (Wildman–Crippen MR) is 89.9 cm³/mol. The van der Waals surface area contributed by atoms with Crippen LogP contribution in [0.1, 0.15) is 43.9 Å². The average molecular weight is 311 g/mol. The number of amides is 1. The Bertz CT molecular complexity index is 502. The normalized spacial score (nSPS) is 16.0. The molecular formula is C17H27ClN2O. The lowest BCUT2D eigenvalue weighted by Crippen LogP contribution is -2.55. The summed E-state index contributed by atoms with van der Waals surface area (Å²) in [6.07, 6.45) is 4.01. The maximum absolute atomic E-state index is 12.2. The van der Waals surface area contributed by atoms with Crippen LogP contribution in [0, 0.1) is 5.92 Å². The van der Waals surface area contributed by atoms with E-state index in [9.17, 15) is 4.79 Å². The second-order valence-corrected chi connectivity index (χ2v) is 6.46. The smallest absolute Gasteiger partial charge is 0.224 e. The quantitative estimate of drug-likeness (QED) is 0.878. The van der Waals surface area contributed by atoms with E-state index >= 15 is 0 Å². The van der Waals surface area contributed by atoms with Gasteiger partial charge in [0.05, 0.1) is 12.0 Å². The summed E-state index contributed by atoms with van der Waals surface area (Å²) in [7, 11) is 0. The van der Waals surface area contributed by atoms with Gasteiger partial charge >= 0.3 is 0 Å². The van der Waals surface area contributed by atoms with Gasteiger partial charge in [0.2, 0.25) is 5.91 Å². The molecule has 0 fully saturated rings. The minimum atomic E-state index is -0.326. The Balaban J connectivity index is 0.00000220. The number of hydrogen-bond acceptors (Lipinski definition) is 2. The molecule has 0 spiro atoms. The molecule has 0 radical (unpaired) electrons. The molecule has 1 aromatic carbocycles. The molecule has 0 saturated carbocycles. The predicted octanol–water partition coefficient (Wildman–Crippen LogP) is 2.63. The Morgan fingerprint density at radius 1 is 1.33 bits per heavy atom. The number of benzene rings is 1. The molecule has 1 aliphatic carbocycles. The number of hydrogen-bond donors (Lipinski definition) is 2. The molecule has 1 unspecified atom stereocenters. The number of nitrogens with one attached hydrogen (secondary N) is 1. The highest BCUT2D eigenvalue weighted by molar-refractivity contribution is 5.85. The maximum Gasteiger partial charge on any atom is 0.224 e. The van der Waals surface area contributed by atoms with E-state index in [0.29, 0.717) is 18.9 Å². The number of halogens is 1. The summed E-state index contributed by atoms with van der Waals surface area (Å²) >= 11 is 0. The molecule has 1 aliphatic rings. The number of fused-ring (bicyclic) bond motifs is 1. The molecule has 118 valence electrons. The molecule has 21 heavy (non-hydrogen) atoms. The van der Waals surface area contributed by atoms with Crippen LogP contribution < -0.4 is 11.1 Å². The molecule has 3 nitrogen and oxygen atoms in total. The second-order valence-electron chi connectivity index (χ2n) is 6.46. The molecule has 1 atom stereocenters. The number of nitrogens with two attached hydrogens (primary N) is 1. The van der Waals surface area contributed by atoms with Gasteiger partial charge in [-0.05, 0) is 48.8 Å². The fraction of sp³-hybridized carbons (Fsp3) is 0.588. The topological polar surface area (TPSA) is 55.1 Å². The van der Waals surface area contributed by atoms with Gasteiger partial charge in [0.25, 0.3) is 0 Å². The summed E-state index contributed by atoms with van der Waals surface area (Å²) in [6.45, 7) is 6.64. The Hall–Kier alpha value is -1.06. The lowest BCUT2D eigenvalue weighted by molar-refractivity contribution is -0.122. The molecular weight excluding hydrogens is 284 g/mol. The minimum absolute atomic E-state index is 0. The molecule has 0 aromatic heterocycles. The van der Waals surface area contributed by atoms with Gasteiger partial charge in [0.15, 0.2) is 0 Å². The standard InChI is InChI=1S/C17H26N2O.ClH/c1-12(2)17(3,11-18)19-16(20)10-13-7-8-14-5-4-6-15(14)9-13;/h7-9,12H,4-6,10-11,18H2,1-3H3,(H,19,20);1H. The Kier molecular flexibility index (Phi) is 6.24. The van der Waals surface area contributed by atoms with Crippen molar-refractivity contribution in [3.8, 4) is 0 Å². The Morgan fingerprint density at radius 3 is 2.62 bits per heavy atom. The van der Waals surface area contributed by atoms with Crippen LogP contribution in [0.15, 0.2) is 18.2 Å². The van der Waals surface area contributed by atoms with Crippen molar-refractivity contribution in [1.29, 1.82) is 0 Å². The van der Waals surface area contributed by atoms with Crippen LogP contribution in [-0.4, -0.2) is 18.0 Å². The van der Waals surface area contributed by atoms with E-state index in [0.717, 1.165) is 12.0 Å². The van der Waals surface area contributed by atoms with Crippen LogP contribution in [0.2, 0.25) is 0 Å². The van der Waals surface area contributed by atoms with Gasteiger partial charge in [-0.2, -0.15) is 0 Å². The van der Waals surface area contributed by atoms with E-state index in [1.54, 1.807) is 0 Å². The first-order valence-electron chi connectivity index (χ1n) is 7.56. The van der Waals surface area contributed by atoms with Crippen LogP contribution in [-0.2, 0) is 24.1 Å². The van der Waals surface area contributed by atoms with E-state index in [1.807, 2.05) is 6.92 Å². The maximum atomic E-state index is 12.2. The minimum Gasteiger partial charge on any atom is -0.349 e. The molecule has 0 bridgehead atoms. The molecule has 0 saturated heterocycles. The van der Waals surface area contributed by atoms with Gasteiger partial charge in [0, 0.05) is 6.54 Å². The number of aryl methyl sites for hydroxylation is 2. The third-order valence-corrected chi connectivity index (χ3v) is 4.65. The molecule has 0 heterocycles. The van der Waals surface area contributed by atoms with Crippen molar-refractivity contribution in [1.82, 2.24) is 5.32 Å². The summed E-state index contributed by atoms with van der Waals surface area (Å²) in [4.78, 5) is 12.2. The first-order valence-corrected chi connectivity index (χ1v) is 7.56. The van der Waals surface area contributed by atoms with Crippen molar-refractivity contribution in [3.05, 3.63) is 34.9 Å². The zero-order valence-corrected chi connectivity index (χ0v) is 14.1. The molecule has 1 aromatic rings. The van der Waals surface area contributed by atoms with Crippen molar-refractivity contribution in [2.24, 2.45) is 11.7 Å². The number of rotatable bonds is 5.